The van der Waals surface area contributed by atoms with Crippen molar-refractivity contribution in [3.8, 4) is 45.6 Å². The molecular formula is C53H48O10P+. The first kappa shape index (κ1) is 44.8. The first-order valence-electron chi connectivity index (χ1n) is 20.6. The van der Waals surface area contributed by atoms with Gasteiger partial charge in [0, 0.05) is 28.3 Å². The summed E-state index contributed by atoms with van der Waals surface area (Å²) < 4.78 is 39.1. The predicted octanol–water partition coefficient (Wildman–Crippen LogP) is 11.2. The average Bonchev–Trinajstić information content (AvgIpc) is 3.26. The molecule has 0 spiro atoms. The number of fused-ring (bicyclic) bond motifs is 1. The third-order valence-electron chi connectivity index (χ3n) is 10.2. The van der Waals surface area contributed by atoms with E-state index in [2.05, 4.69) is 0 Å². The molecule has 2 N–H and O–H groups in total. The Morgan fingerprint density at radius 3 is 1.73 bits per heavy atom. The molecule has 0 saturated heterocycles. The highest BCUT2D eigenvalue weighted by molar-refractivity contribution is 7.62. The minimum Gasteiger partial charge on any atom is -0.508 e. The van der Waals surface area contributed by atoms with Crippen LogP contribution in [0.4, 0.5) is 0 Å². The van der Waals surface area contributed by atoms with E-state index in [4.69, 9.17) is 18.9 Å². The molecule has 0 aliphatic heterocycles. The molecule has 7 rings (SSSR count). The van der Waals surface area contributed by atoms with Crippen molar-refractivity contribution >= 4 is 46.7 Å². The standard InChI is InChI=1S/C53H47O10P/c1-51(2,3)61-41-27-28-45(47(32-41)64(59)46-18-11-9-16-43(46)42-15-8-10-17-44(42)55)63-53(6,7)49(57)36-14-12-13-35(30-36)48(56)52(4,5)62-40-25-23-39(24-26-40)60-50(58)37-20-19-34-31-38(54)22-21-33(34)29-37/h8-32H,1-7H3,(H-,54,55,58,59)/p+1. The number of phenolic OH excluding ortho intramolecular Hbond substituents is 2. The summed E-state index contributed by atoms with van der Waals surface area (Å²) in [4.78, 5) is 41.2. The van der Waals surface area contributed by atoms with Gasteiger partial charge in [-0.25, -0.2) is 4.79 Å². The molecule has 10 nitrogen and oxygen atoms in total. The Kier molecular flexibility index (Phi) is 12.5. The van der Waals surface area contributed by atoms with Crippen LogP contribution in [0, 0.1) is 0 Å². The average molecular weight is 876 g/mol. The van der Waals surface area contributed by atoms with Gasteiger partial charge in [0.25, 0.3) is 0 Å². The highest BCUT2D eigenvalue weighted by Crippen LogP contribution is 2.37. The molecule has 324 valence electrons. The van der Waals surface area contributed by atoms with Gasteiger partial charge in [-0.1, -0.05) is 65.2 Å². The third-order valence-corrected chi connectivity index (χ3v) is 11.8. The Hall–Kier alpha value is -7.29. The molecule has 0 fully saturated rings. The van der Waals surface area contributed by atoms with E-state index in [0.717, 1.165) is 10.8 Å². The van der Waals surface area contributed by atoms with Crippen molar-refractivity contribution in [3.05, 3.63) is 168 Å². The zero-order valence-corrected chi connectivity index (χ0v) is 37.4. The molecule has 0 saturated carbocycles. The normalized spacial score (nSPS) is 12.0. The van der Waals surface area contributed by atoms with E-state index < -0.39 is 42.1 Å². The molecule has 0 aliphatic rings. The molecule has 0 aromatic heterocycles. The molecule has 0 aliphatic carbocycles. The fourth-order valence-electron chi connectivity index (χ4n) is 7.13. The fourth-order valence-corrected chi connectivity index (χ4v) is 8.59. The fraction of sp³-hybridized carbons (Fsp3) is 0.189. The lowest BCUT2D eigenvalue weighted by molar-refractivity contribution is 0.0579. The Morgan fingerprint density at radius 1 is 0.484 bits per heavy atom. The number of ketones is 2. The topological polar surface area (TPSA) is 146 Å². The number of hydrogen-bond donors (Lipinski definition) is 2. The summed E-state index contributed by atoms with van der Waals surface area (Å²) in [5.41, 5.74) is -1.57. The quantitative estimate of drug-likeness (QED) is 0.0468. The van der Waals surface area contributed by atoms with Crippen LogP contribution in [0.1, 0.15) is 79.5 Å². The summed E-state index contributed by atoms with van der Waals surface area (Å²) in [6, 6.07) is 41.5. The van der Waals surface area contributed by atoms with Gasteiger partial charge in [-0.15, -0.1) is 0 Å². The van der Waals surface area contributed by atoms with E-state index in [0.29, 0.717) is 38.8 Å². The Labute approximate surface area is 372 Å². The maximum absolute atomic E-state index is 14.7. The van der Waals surface area contributed by atoms with Crippen LogP contribution in [0.3, 0.4) is 0 Å². The number of para-hydroxylation sites is 1. The van der Waals surface area contributed by atoms with Gasteiger partial charge in [-0.2, -0.15) is 0 Å². The van der Waals surface area contributed by atoms with Gasteiger partial charge >= 0.3 is 13.8 Å². The molecule has 64 heavy (non-hydrogen) atoms. The largest absolute Gasteiger partial charge is 0.508 e. The van der Waals surface area contributed by atoms with Gasteiger partial charge in [-0.05, 0) is 144 Å². The van der Waals surface area contributed by atoms with Gasteiger partial charge in [0.1, 0.15) is 34.3 Å². The SMILES string of the molecule is CC(C)(C)Oc1ccc(OC(C)(C)C(=O)c2cccc(C(=O)C(C)(C)Oc3ccc(OC(=O)c4ccc5cc(O)ccc5c4)cc3)c2)c([P+](=O)c2ccccc2-c2ccccc2O)c1. The Balaban J connectivity index is 1.08. The zero-order chi connectivity index (χ0) is 46.0. The molecule has 7 aromatic rings. The van der Waals surface area contributed by atoms with Crippen molar-refractivity contribution in [2.75, 3.05) is 0 Å². The highest BCUT2D eigenvalue weighted by Gasteiger charge is 2.39. The second-order valence-electron chi connectivity index (χ2n) is 17.2. The molecule has 0 heterocycles. The van der Waals surface area contributed by atoms with E-state index in [1.807, 2.05) is 20.8 Å². The molecule has 0 radical (unpaired) electrons. The van der Waals surface area contributed by atoms with Crippen LogP contribution in [-0.2, 0) is 4.57 Å². The zero-order valence-electron chi connectivity index (χ0n) is 36.5. The number of carbonyl (C=O) groups is 3. The number of benzene rings is 7. The minimum atomic E-state index is -2.37. The summed E-state index contributed by atoms with van der Waals surface area (Å²) in [6.07, 6.45) is 0. The van der Waals surface area contributed by atoms with Crippen LogP contribution in [0.2, 0.25) is 0 Å². The summed E-state index contributed by atoms with van der Waals surface area (Å²) in [5, 5.41) is 22.8. The molecule has 11 heteroatoms. The number of hydrogen-bond acceptors (Lipinski definition) is 10. The first-order valence-corrected chi connectivity index (χ1v) is 21.8. The summed E-state index contributed by atoms with van der Waals surface area (Å²) in [6.45, 7) is 12.2. The van der Waals surface area contributed by atoms with Crippen molar-refractivity contribution in [3.63, 3.8) is 0 Å². The van der Waals surface area contributed by atoms with Crippen LogP contribution in [0.15, 0.2) is 152 Å². The molecular weight excluding hydrogens is 828 g/mol. The minimum absolute atomic E-state index is 0.0405. The lowest BCUT2D eigenvalue weighted by Gasteiger charge is -2.27. The monoisotopic (exact) mass is 875 g/mol. The third kappa shape index (κ3) is 10.1. The van der Waals surface area contributed by atoms with E-state index >= 15 is 0 Å². The number of phenols is 2. The number of Topliss-reactive ketones (excluding diaryl/α,β-unsaturated/α-hetero) is 2. The Bertz CT molecular complexity index is 2930. The van der Waals surface area contributed by atoms with Crippen LogP contribution < -0.4 is 29.6 Å². The second-order valence-corrected chi connectivity index (χ2v) is 18.8. The van der Waals surface area contributed by atoms with Crippen molar-refractivity contribution < 1.29 is 48.1 Å². The lowest BCUT2D eigenvalue weighted by Crippen LogP contribution is -2.40. The van der Waals surface area contributed by atoms with Gasteiger partial charge < -0.3 is 29.2 Å². The van der Waals surface area contributed by atoms with E-state index in [-0.39, 0.29) is 34.1 Å². The first-order chi connectivity index (χ1) is 30.3. The van der Waals surface area contributed by atoms with E-state index in [1.54, 1.807) is 173 Å². The summed E-state index contributed by atoms with van der Waals surface area (Å²) in [7, 11) is -2.37. The van der Waals surface area contributed by atoms with Gasteiger partial charge in [0.2, 0.25) is 22.2 Å². The van der Waals surface area contributed by atoms with Crippen molar-refractivity contribution in [2.24, 2.45) is 0 Å². The number of esters is 1. The van der Waals surface area contributed by atoms with Crippen molar-refractivity contribution in [1.29, 1.82) is 0 Å². The second kappa shape index (κ2) is 17.8. The van der Waals surface area contributed by atoms with Gasteiger partial charge in [-0.3, -0.25) is 9.59 Å². The maximum Gasteiger partial charge on any atom is 0.420 e. The summed E-state index contributed by atoms with van der Waals surface area (Å²) in [5.74, 6) is 0.0665. The van der Waals surface area contributed by atoms with Crippen molar-refractivity contribution in [1.82, 2.24) is 0 Å². The van der Waals surface area contributed by atoms with Gasteiger partial charge in [0.05, 0.1) is 5.56 Å². The van der Waals surface area contributed by atoms with Crippen molar-refractivity contribution in [2.45, 2.75) is 65.3 Å². The summed E-state index contributed by atoms with van der Waals surface area (Å²) >= 11 is 0. The molecule has 1 atom stereocenters. The molecule has 0 amide bonds. The molecule has 1 unspecified atom stereocenters. The van der Waals surface area contributed by atoms with Gasteiger partial charge in [0.15, 0.2) is 17.0 Å². The predicted molar refractivity (Wildman–Crippen MR) is 249 cm³/mol. The van der Waals surface area contributed by atoms with Crippen LogP contribution in [0.5, 0.6) is 34.5 Å². The molecule has 7 aromatic carbocycles. The number of carbonyl (C=O) groups excluding carboxylic acids is 3. The maximum atomic E-state index is 14.7. The van der Waals surface area contributed by atoms with E-state index in [9.17, 15) is 29.2 Å². The highest BCUT2D eigenvalue weighted by atomic mass is 31.1. The number of aromatic hydroxyl groups is 2. The van der Waals surface area contributed by atoms with Crippen LogP contribution in [-0.4, -0.2) is 44.6 Å². The number of ether oxygens (including phenoxy) is 4. The van der Waals surface area contributed by atoms with Crippen LogP contribution in [0.25, 0.3) is 21.9 Å². The lowest BCUT2D eigenvalue weighted by atomic mass is 9.91. The van der Waals surface area contributed by atoms with E-state index in [1.165, 1.54) is 6.07 Å². The van der Waals surface area contributed by atoms with Crippen LogP contribution >= 0.6 is 7.80 Å². The number of rotatable bonds is 14. The smallest absolute Gasteiger partial charge is 0.420 e. The molecule has 0 bridgehead atoms. The Morgan fingerprint density at radius 2 is 1.06 bits per heavy atom.